The summed E-state index contributed by atoms with van der Waals surface area (Å²) in [6, 6.07) is 0. The van der Waals surface area contributed by atoms with Gasteiger partial charge in [-0.2, -0.15) is 0 Å². The molecule has 0 aromatic carbocycles. The maximum Gasteiger partial charge on any atom is 0.152 e. The van der Waals surface area contributed by atoms with Crippen molar-refractivity contribution in [2.45, 2.75) is 48.9 Å². The van der Waals surface area contributed by atoms with Crippen LogP contribution in [0.2, 0.25) is 0 Å². The third kappa shape index (κ3) is 1.05. The first-order valence-electron chi connectivity index (χ1n) is 6.05. The predicted molar refractivity (Wildman–Crippen MR) is 56.8 cm³/mol. The van der Waals surface area contributed by atoms with Gasteiger partial charge in [-0.25, -0.2) is 8.42 Å². The molecule has 4 saturated heterocycles. The number of hydrogen-bond acceptors (Lipinski definition) is 4. The van der Waals surface area contributed by atoms with Crippen molar-refractivity contribution in [3.8, 4) is 0 Å². The molecule has 4 fully saturated rings. The molecule has 0 N–H and O–H groups in total. The molecule has 5 heteroatoms. The molecule has 4 aliphatic rings. The normalized spacial score (nSPS) is 58.2. The van der Waals surface area contributed by atoms with Crippen molar-refractivity contribution in [2.24, 2.45) is 11.8 Å². The van der Waals surface area contributed by atoms with Gasteiger partial charge in [0.15, 0.2) is 9.84 Å². The van der Waals surface area contributed by atoms with Gasteiger partial charge in [-0.05, 0) is 19.3 Å². The second-order valence-corrected chi connectivity index (χ2v) is 7.95. The minimum atomic E-state index is -2.97. The number of ether oxygens (including phenoxy) is 2. The first kappa shape index (κ1) is 9.85. The molecule has 90 valence electrons. The van der Waals surface area contributed by atoms with Crippen LogP contribution >= 0.6 is 0 Å². The first-order chi connectivity index (χ1) is 7.55. The van der Waals surface area contributed by atoms with E-state index in [-0.39, 0.29) is 23.6 Å². The summed E-state index contributed by atoms with van der Waals surface area (Å²) in [5.74, 6) is 0.846. The highest BCUT2D eigenvalue weighted by atomic mass is 32.2. The summed E-state index contributed by atoms with van der Waals surface area (Å²) in [6.07, 6.45) is 4.95. The van der Waals surface area contributed by atoms with E-state index in [0.29, 0.717) is 24.4 Å². The molecule has 4 nitrogen and oxygen atoms in total. The van der Waals surface area contributed by atoms with Gasteiger partial charge in [0.25, 0.3) is 0 Å². The Hall–Kier alpha value is -0.130. The Bertz CT molecular complexity index is 431. The molecular formula is C11H16O4S. The van der Waals surface area contributed by atoms with E-state index in [0.717, 1.165) is 12.8 Å². The van der Waals surface area contributed by atoms with Crippen molar-refractivity contribution in [2.75, 3.05) is 6.26 Å². The first-order valence-corrected chi connectivity index (χ1v) is 8.01. The molecule has 0 amide bonds. The summed E-state index contributed by atoms with van der Waals surface area (Å²) < 4.78 is 35.2. The Morgan fingerprint density at radius 2 is 1.69 bits per heavy atom. The largest absolute Gasteiger partial charge is 0.374 e. The summed E-state index contributed by atoms with van der Waals surface area (Å²) in [4.78, 5) is 0. The second-order valence-electron chi connectivity index (χ2n) is 5.69. The van der Waals surface area contributed by atoms with Gasteiger partial charge in [-0.1, -0.05) is 0 Å². The molecular weight excluding hydrogens is 228 g/mol. The maximum absolute atomic E-state index is 11.7. The molecule has 0 radical (unpaired) electrons. The molecule has 4 rings (SSSR count). The predicted octanol–water partition coefficient (Wildman–Crippen LogP) is 0.364. The highest BCUT2D eigenvalue weighted by Crippen LogP contribution is 2.57. The Labute approximate surface area is 95.2 Å². The average Bonchev–Trinajstić information content (AvgIpc) is 2.94. The lowest BCUT2D eigenvalue weighted by molar-refractivity contribution is 0.00809. The van der Waals surface area contributed by atoms with Gasteiger partial charge >= 0.3 is 0 Å². The zero-order chi connectivity index (χ0) is 11.1. The Morgan fingerprint density at radius 3 is 2.38 bits per heavy atom. The van der Waals surface area contributed by atoms with E-state index in [4.69, 9.17) is 9.47 Å². The van der Waals surface area contributed by atoms with Crippen molar-refractivity contribution in [1.82, 2.24) is 0 Å². The van der Waals surface area contributed by atoms with Gasteiger partial charge in [0.2, 0.25) is 0 Å². The molecule has 7 atom stereocenters. The molecule has 4 heterocycles. The third-order valence-corrected chi connectivity index (χ3v) is 6.47. The zero-order valence-electron chi connectivity index (χ0n) is 9.20. The molecule has 4 bridgehead atoms. The second kappa shape index (κ2) is 2.82. The van der Waals surface area contributed by atoms with Gasteiger partial charge in [0.1, 0.15) is 0 Å². The molecule has 0 spiro atoms. The highest BCUT2D eigenvalue weighted by molar-refractivity contribution is 7.91. The monoisotopic (exact) mass is 244 g/mol. The van der Waals surface area contributed by atoms with E-state index in [9.17, 15) is 8.42 Å². The van der Waals surface area contributed by atoms with E-state index < -0.39 is 9.84 Å². The fourth-order valence-corrected chi connectivity index (χ4v) is 5.65. The number of rotatable bonds is 1. The quantitative estimate of drug-likeness (QED) is 0.668. The van der Waals surface area contributed by atoms with E-state index in [1.807, 2.05) is 0 Å². The molecule has 0 saturated carbocycles. The van der Waals surface area contributed by atoms with Gasteiger partial charge in [-0.3, -0.25) is 0 Å². The lowest BCUT2D eigenvalue weighted by Crippen LogP contribution is -2.45. The number of sulfone groups is 1. The van der Waals surface area contributed by atoms with Crippen molar-refractivity contribution >= 4 is 9.84 Å². The van der Waals surface area contributed by atoms with E-state index >= 15 is 0 Å². The van der Waals surface area contributed by atoms with Crippen LogP contribution < -0.4 is 0 Å². The van der Waals surface area contributed by atoms with Crippen LogP contribution in [0.25, 0.3) is 0 Å². The molecule has 16 heavy (non-hydrogen) atoms. The standard InChI is InChI=1S/C11H16O4S/c1-16(12,13)8-4-7-9-5-2-3-6(14-5)10(9)11(8)15-7/h5-11H,2-4H2,1H3. The van der Waals surface area contributed by atoms with Gasteiger partial charge in [-0.15, -0.1) is 0 Å². The van der Waals surface area contributed by atoms with E-state index in [1.165, 1.54) is 6.26 Å². The molecule has 0 aliphatic carbocycles. The molecule has 0 aromatic heterocycles. The Balaban J connectivity index is 1.71. The fourth-order valence-electron chi connectivity index (χ4n) is 4.38. The summed E-state index contributed by atoms with van der Waals surface area (Å²) in [6.45, 7) is 0. The zero-order valence-corrected chi connectivity index (χ0v) is 10.0. The van der Waals surface area contributed by atoms with Crippen LogP contribution in [0.15, 0.2) is 0 Å². The Morgan fingerprint density at radius 1 is 1.00 bits per heavy atom. The Kier molecular flexibility index (Phi) is 1.73. The van der Waals surface area contributed by atoms with Crippen molar-refractivity contribution in [3.05, 3.63) is 0 Å². The van der Waals surface area contributed by atoms with Crippen molar-refractivity contribution < 1.29 is 17.9 Å². The average molecular weight is 244 g/mol. The minimum Gasteiger partial charge on any atom is -0.374 e. The van der Waals surface area contributed by atoms with Crippen LogP contribution in [0.1, 0.15) is 19.3 Å². The summed E-state index contributed by atoms with van der Waals surface area (Å²) in [7, 11) is -2.97. The third-order valence-electron chi connectivity index (χ3n) is 4.91. The summed E-state index contributed by atoms with van der Waals surface area (Å²) in [5, 5.41) is -0.276. The van der Waals surface area contributed by atoms with Crippen LogP contribution in [0.3, 0.4) is 0 Å². The van der Waals surface area contributed by atoms with Crippen LogP contribution in [0.4, 0.5) is 0 Å². The van der Waals surface area contributed by atoms with Crippen molar-refractivity contribution in [3.63, 3.8) is 0 Å². The van der Waals surface area contributed by atoms with Crippen molar-refractivity contribution in [1.29, 1.82) is 0 Å². The van der Waals surface area contributed by atoms with E-state index in [1.54, 1.807) is 0 Å². The topological polar surface area (TPSA) is 52.6 Å². The summed E-state index contributed by atoms with van der Waals surface area (Å²) >= 11 is 0. The van der Waals surface area contributed by atoms with Crippen LogP contribution in [0, 0.1) is 11.8 Å². The van der Waals surface area contributed by atoms with Crippen LogP contribution in [-0.2, 0) is 19.3 Å². The van der Waals surface area contributed by atoms with Crippen LogP contribution in [0.5, 0.6) is 0 Å². The molecule has 7 unspecified atom stereocenters. The minimum absolute atomic E-state index is 0.0831. The lowest BCUT2D eigenvalue weighted by atomic mass is 9.71. The lowest BCUT2D eigenvalue weighted by Gasteiger charge is -2.32. The van der Waals surface area contributed by atoms with Gasteiger partial charge in [0, 0.05) is 18.1 Å². The van der Waals surface area contributed by atoms with Gasteiger partial charge in [0.05, 0.1) is 29.7 Å². The van der Waals surface area contributed by atoms with Gasteiger partial charge < -0.3 is 9.47 Å². The number of fused-ring (bicyclic) bond motifs is 9. The smallest absolute Gasteiger partial charge is 0.152 e. The SMILES string of the molecule is CS(=O)(=O)C1CC2OC1C1C3CCC(O3)C21. The fraction of sp³-hybridized carbons (Fsp3) is 1.00. The number of hydrogen-bond donors (Lipinski definition) is 0. The maximum atomic E-state index is 11.7. The highest BCUT2D eigenvalue weighted by Gasteiger charge is 2.66. The summed E-state index contributed by atoms with van der Waals surface area (Å²) in [5.41, 5.74) is 0. The van der Waals surface area contributed by atoms with E-state index in [2.05, 4.69) is 0 Å². The molecule has 0 aromatic rings. The molecule has 4 aliphatic heterocycles. The van der Waals surface area contributed by atoms with Crippen LogP contribution in [-0.4, -0.2) is 44.3 Å².